The second-order valence-corrected chi connectivity index (χ2v) is 7.16. The van der Waals surface area contributed by atoms with Crippen LogP contribution in [0.1, 0.15) is 26.3 Å². The molecule has 4 aromatic rings. The number of amides is 2. The number of hydrogen-bond acceptors (Lipinski definition) is 4. The Kier molecular flexibility index (Phi) is 5.62. The number of nitrogens with zero attached hydrogens (tertiary/aromatic N) is 1. The second-order valence-electron chi connectivity index (χ2n) is 7.16. The summed E-state index contributed by atoms with van der Waals surface area (Å²) >= 11 is 0. The Bertz CT molecular complexity index is 1280. The minimum atomic E-state index is -0.283. The van der Waals surface area contributed by atoms with Gasteiger partial charge in [0.2, 0.25) is 0 Å². The third-order valence-electron chi connectivity index (χ3n) is 5.03. The van der Waals surface area contributed by atoms with E-state index in [9.17, 15) is 9.59 Å². The summed E-state index contributed by atoms with van der Waals surface area (Å²) in [4.78, 5) is 29.5. The van der Waals surface area contributed by atoms with Crippen LogP contribution in [0.3, 0.4) is 0 Å². The summed E-state index contributed by atoms with van der Waals surface area (Å²) < 4.78 is 0. The fourth-order valence-electron chi connectivity index (χ4n) is 3.29. The number of rotatable bonds is 5. The standard InChI is InChI=1S/C25H22N4O2/c1-16-7-3-6-10-21(16)28-23-22(14-20(15-27-23)24(30)26-2)29-25(31)19-12-11-17-8-4-5-9-18(17)13-19/h3-15H,1-2H3,(H,26,30)(H,27,28)(H,29,31). The number of carbonyl (C=O) groups is 2. The van der Waals surface area contributed by atoms with Gasteiger partial charge in [-0.3, -0.25) is 9.59 Å². The number of benzene rings is 3. The predicted molar refractivity (Wildman–Crippen MR) is 124 cm³/mol. The van der Waals surface area contributed by atoms with Crippen LogP contribution in [-0.2, 0) is 0 Å². The van der Waals surface area contributed by atoms with Crippen LogP contribution < -0.4 is 16.0 Å². The number of pyridine rings is 1. The maximum Gasteiger partial charge on any atom is 0.255 e. The predicted octanol–water partition coefficient (Wildman–Crippen LogP) is 4.90. The molecule has 0 fully saturated rings. The minimum Gasteiger partial charge on any atom is -0.355 e. The number of nitrogens with one attached hydrogen (secondary N) is 3. The number of hydrogen-bond donors (Lipinski definition) is 3. The fraction of sp³-hybridized carbons (Fsp3) is 0.0800. The molecule has 6 nitrogen and oxygen atoms in total. The summed E-state index contributed by atoms with van der Waals surface area (Å²) in [7, 11) is 1.55. The molecule has 0 saturated carbocycles. The molecule has 0 radical (unpaired) electrons. The summed E-state index contributed by atoms with van der Waals surface area (Å²) in [5.41, 5.74) is 3.19. The van der Waals surface area contributed by atoms with Crippen LogP contribution in [0.4, 0.5) is 17.2 Å². The van der Waals surface area contributed by atoms with Crippen molar-refractivity contribution >= 4 is 39.8 Å². The van der Waals surface area contributed by atoms with Crippen molar-refractivity contribution in [1.82, 2.24) is 10.3 Å². The van der Waals surface area contributed by atoms with E-state index in [-0.39, 0.29) is 11.8 Å². The second kappa shape index (κ2) is 8.67. The highest BCUT2D eigenvalue weighted by atomic mass is 16.2. The van der Waals surface area contributed by atoms with Crippen LogP contribution >= 0.6 is 0 Å². The summed E-state index contributed by atoms with van der Waals surface area (Å²) in [6, 6.07) is 22.8. The van der Waals surface area contributed by atoms with Crippen LogP contribution in [-0.4, -0.2) is 23.8 Å². The molecule has 3 aromatic carbocycles. The van der Waals surface area contributed by atoms with Gasteiger partial charge in [-0.05, 0) is 47.5 Å². The molecule has 0 bridgehead atoms. The first-order valence-corrected chi connectivity index (χ1v) is 9.90. The molecule has 1 aromatic heterocycles. The first kappa shape index (κ1) is 20.1. The van der Waals surface area contributed by atoms with Crippen molar-refractivity contribution in [3.8, 4) is 0 Å². The molecule has 1 heterocycles. The normalized spacial score (nSPS) is 10.5. The monoisotopic (exact) mass is 410 g/mol. The van der Waals surface area contributed by atoms with Gasteiger partial charge in [-0.1, -0.05) is 48.5 Å². The SMILES string of the molecule is CNC(=O)c1cnc(Nc2ccccc2C)c(NC(=O)c2ccc3ccccc3c2)c1. The zero-order valence-corrected chi connectivity index (χ0v) is 17.3. The highest BCUT2D eigenvalue weighted by molar-refractivity contribution is 6.08. The van der Waals surface area contributed by atoms with E-state index < -0.39 is 0 Å². The van der Waals surface area contributed by atoms with Gasteiger partial charge in [-0.15, -0.1) is 0 Å². The van der Waals surface area contributed by atoms with Crippen molar-refractivity contribution in [2.75, 3.05) is 17.7 Å². The third-order valence-corrected chi connectivity index (χ3v) is 5.03. The van der Waals surface area contributed by atoms with Crippen LogP contribution in [0.2, 0.25) is 0 Å². The lowest BCUT2D eigenvalue weighted by Gasteiger charge is -2.15. The van der Waals surface area contributed by atoms with Gasteiger partial charge < -0.3 is 16.0 Å². The topological polar surface area (TPSA) is 83.1 Å². The molecule has 0 saturated heterocycles. The van der Waals surface area contributed by atoms with E-state index in [1.165, 1.54) is 6.20 Å². The molecular weight excluding hydrogens is 388 g/mol. The van der Waals surface area contributed by atoms with Gasteiger partial charge in [-0.2, -0.15) is 0 Å². The van der Waals surface area contributed by atoms with Crippen molar-refractivity contribution < 1.29 is 9.59 Å². The summed E-state index contributed by atoms with van der Waals surface area (Å²) in [5, 5.41) is 10.8. The lowest BCUT2D eigenvalue weighted by atomic mass is 10.1. The smallest absolute Gasteiger partial charge is 0.255 e. The van der Waals surface area contributed by atoms with E-state index in [1.807, 2.05) is 67.6 Å². The Morgan fingerprint density at radius 2 is 1.52 bits per heavy atom. The Labute approximate surface area is 180 Å². The molecule has 2 amide bonds. The highest BCUT2D eigenvalue weighted by Crippen LogP contribution is 2.27. The van der Waals surface area contributed by atoms with E-state index in [2.05, 4.69) is 20.9 Å². The molecule has 6 heteroatoms. The first-order chi connectivity index (χ1) is 15.0. The molecule has 0 atom stereocenters. The Hall–Kier alpha value is -4.19. The van der Waals surface area contributed by atoms with Gasteiger partial charge in [0.25, 0.3) is 11.8 Å². The maximum atomic E-state index is 13.0. The minimum absolute atomic E-state index is 0.281. The molecule has 0 aliphatic rings. The van der Waals surface area contributed by atoms with Crippen LogP contribution in [0.5, 0.6) is 0 Å². The Balaban J connectivity index is 1.69. The first-order valence-electron chi connectivity index (χ1n) is 9.90. The van der Waals surface area contributed by atoms with E-state index in [0.29, 0.717) is 22.6 Å². The van der Waals surface area contributed by atoms with E-state index >= 15 is 0 Å². The van der Waals surface area contributed by atoms with Gasteiger partial charge in [0, 0.05) is 24.5 Å². The number of aryl methyl sites for hydroxylation is 1. The molecule has 31 heavy (non-hydrogen) atoms. The third kappa shape index (κ3) is 4.38. The number of anilines is 3. The van der Waals surface area contributed by atoms with E-state index in [0.717, 1.165) is 22.0 Å². The average Bonchev–Trinajstić information content (AvgIpc) is 2.80. The highest BCUT2D eigenvalue weighted by Gasteiger charge is 2.15. The van der Waals surface area contributed by atoms with Gasteiger partial charge >= 0.3 is 0 Å². The lowest BCUT2D eigenvalue weighted by molar-refractivity contribution is 0.0961. The van der Waals surface area contributed by atoms with Crippen LogP contribution in [0.15, 0.2) is 79.0 Å². The maximum absolute atomic E-state index is 13.0. The number of fused-ring (bicyclic) bond motifs is 1. The zero-order chi connectivity index (χ0) is 21.8. The van der Waals surface area contributed by atoms with E-state index in [4.69, 9.17) is 0 Å². The molecule has 0 unspecified atom stereocenters. The van der Waals surface area contributed by atoms with Crippen molar-refractivity contribution in [3.63, 3.8) is 0 Å². The molecule has 0 spiro atoms. The average molecular weight is 410 g/mol. The van der Waals surface area contributed by atoms with Gasteiger partial charge in [0.05, 0.1) is 11.3 Å². The molecule has 3 N–H and O–H groups in total. The van der Waals surface area contributed by atoms with E-state index in [1.54, 1.807) is 19.2 Å². The number of para-hydroxylation sites is 1. The fourth-order valence-corrected chi connectivity index (χ4v) is 3.29. The van der Waals surface area contributed by atoms with Gasteiger partial charge in [-0.25, -0.2) is 4.98 Å². The van der Waals surface area contributed by atoms with Crippen molar-refractivity contribution in [3.05, 3.63) is 95.7 Å². The van der Waals surface area contributed by atoms with Crippen molar-refractivity contribution in [1.29, 1.82) is 0 Å². The lowest BCUT2D eigenvalue weighted by Crippen LogP contribution is -2.19. The molecule has 4 rings (SSSR count). The van der Waals surface area contributed by atoms with Crippen LogP contribution in [0, 0.1) is 6.92 Å². The molecule has 154 valence electrons. The zero-order valence-electron chi connectivity index (χ0n) is 17.3. The van der Waals surface area contributed by atoms with Crippen molar-refractivity contribution in [2.45, 2.75) is 6.92 Å². The molecule has 0 aliphatic carbocycles. The van der Waals surface area contributed by atoms with Crippen LogP contribution in [0.25, 0.3) is 10.8 Å². The summed E-state index contributed by atoms with van der Waals surface area (Å²) in [6.45, 7) is 1.98. The quantitative estimate of drug-likeness (QED) is 0.437. The Morgan fingerprint density at radius 3 is 2.29 bits per heavy atom. The number of aromatic nitrogens is 1. The van der Waals surface area contributed by atoms with Gasteiger partial charge in [0.1, 0.15) is 0 Å². The largest absolute Gasteiger partial charge is 0.355 e. The molecule has 0 aliphatic heterocycles. The molecular formula is C25H22N4O2. The summed E-state index contributed by atoms with van der Waals surface area (Å²) in [5.74, 6) is -0.110. The van der Waals surface area contributed by atoms with Gasteiger partial charge in [0.15, 0.2) is 5.82 Å². The Morgan fingerprint density at radius 1 is 0.774 bits per heavy atom. The number of carbonyl (C=O) groups excluding carboxylic acids is 2. The van der Waals surface area contributed by atoms with Crippen molar-refractivity contribution in [2.24, 2.45) is 0 Å². The summed E-state index contributed by atoms with van der Waals surface area (Å²) in [6.07, 6.45) is 1.48.